The Kier molecular flexibility index (Phi) is 3.91. The molecule has 2 aromatic rings. The van der Waals surface area contributed by atoms with Gasteiger partial charge in [0.2, 0.25) is 0 Å². The highest BCUT2D eigenvalue weighted by Crippen LogP contribution is 2.23. The topological polar surface area (TPSA) is 72.2 Å². The minimum absolute atomic E-state index is 0.0574. The zero-order valence-electron chi connectivity index (χ0n) is 12.1. The van der Waals surface area contributed by atoms with Crippen molar-refractivity contribution in [2.24, 2.45) is 0 Å². The predicted octanol–water partition coefficient (Wildman–Crippen LogP) is 3.13. The van der Waals surface area contributed by atoms with E-state index in [0.29, 0.717) is 5.69 Å². The molecule has 0 radical (unpaired) electrons. The first-order valence-electron chi connectivity index (χ1n) is 6.36. The Morgan fingerprint density at radius 2 is 1.57 bits per heavy atom. The van der Waals surface area contributed by atoms with Crippen LogP contribution in [0.4, 0.5) is 15.8 Å². The lowest BCUT2D eigenvalue weighted by atomic mass is 10.1. The minimum Gasteiger partial charge on any atom is -0.396 e. The second-order valence-corrected chi connectivity index (χ2v) is 6.81. The van der Waals surface area contributed by atoms with Gasteiger partial charge in [-0.05, 0) is 61.7 Å². The molecule has 0 aliphatic carbocycles. The molecule has 2 rings (SSSR count). The molecule has 0 saturated carbocycles. The summed E-state index contributed by atoms with van der Waals surface area (Å²) in [4.78, 5) is -0.0574. The molecule has 0 unspecified atom stereocenters. The molecule has 3 N–H and O–H groups in total. The summed E-state index contributed by atoms with van der Waals surface area (Å²) in [5.74, 6) is -0.597. The number of nitrogens with one attached hydrogen (secondary N) is 1. The summed E-state index contributed by atoms with van der Waals surface area (Å²) in [5.41, 5.74) is 7.86. The second kappa shape index (κ2) is 5.37. The van der Waals surface area contributed by atoms with E-state index in [1.807, 2.05) is 19.9 Å². The van der Waals surface area contributed by atoms with Crippen LogP contribution in [0.2, 0.25) is 0 Å². The molecule has 112 valence electrons. The summed E-state index contributed by atoms with van der Waals surface area (Å²) in [5, 5.41) is 0. The van der Waals surface area contributed by atoms with Gasteiger partial charge in [0, 0.05) is 5.69 Å². The van der Waals surface area contributed by atoms with E-state index in [-0.39, 0.29) is 16.1 Å². The fraction of sp³-hybridized carbons (Fsp3) is 0.200. The largest absolute Gasteiger partial charge is 0.396 e. The van der Waals surface area contributed by atoms with Crippen molar-refractivity contribution in [1.82, 2.24) is 0 Å². The van der Waals surface area contributed by atoms with Gasteiger partial charge in [-0.1, -0.05) is 6.07 Å². The van der Waals surface area contributed by atoms with E-state index in [0.717, 1.165) is 17.2 Å². The molecule has 2 aromatic carbocycles. The number of halogens is 1. The van der Waals surface area contributed by atoms with Crippen molar-refractivity contribution in [3.63, 3.8) is 0 Å². The van der Waals surface area contributed by atoms with Gasteiger partial charge in [0.15, 0.2) is 0 Å². The van der Waals surface area contributed by atoms with Crippen LogP contribution in [-0.4, -0.2) is 8.42 Å². The summed E-state index contributed by atoms with van der Waals surface area (Å²) in [6.07, 6.45) is 0. The highest BCUT2D eigenvalue weighted by atomic mass is 32.2. The maximum absolute atomic E-state index is 13.5. The maximum atomic E-state index is 13.5. The first kappa shape index (κ1) is 15.3. The smallest absolute Gasteiger partial charge is 0.261 e. The Balaban J connectivity index is 2.43. The lowest BCUT2D eigenvalue weighted by Crippen LogP contribution is -2.14. The van der Waals surface area contributed by atoms with E-state index in [1.54, 1.807) is 12.1 Å². The summed E-state index contributed by atoms with van der Waals surface area (Å²) in [7, 11) is -3.81. The molecular weight excluding hydrogens is 291 g/mol. The first-order chi connectivity index (χ1) is 9.69. The van der Waals surface area contributed by atoms with Gasteiger partial charge in [-0.25, -0.2) is 12.8 Å². The quantitative estimate of drug-likeness (QED) is 0.856. The molecule has 0 heterocycles. The highest BCUT2D eigenvalue weighted by Gasteiger charge is 2.17. The maximum Gasteiger partial charge on any atom is 0.261 e. The normalized spacial score (nSPS) is 11.4. The van der Waals surface area contributed by atoms with Crippen molar-refractivity contribution in [2.75, 3.05) is 10.5 Å². The monoisotopic (exact) mass is 308 g/mol. The van der Waals surface area contributed by atoms with Crippen LogP contribution in [0.1, 0.15) is 16.7 Å². The zero-order chi connectivity index (χ0) is 15.8. The van der Waals surface area contributed by atoms with Crippen LogP contribution >= 0.6 is 0 Å². The van der Waals surface area contributed by atoms with Gasteiger partial charge < -0.3 is 5.73 Å². The highest BCUT2D eigenvalue weighted by molar-refractivity contribution is 7.92. The average molecular weight is 308 g/mol. The number of nitrogens with two attached hydrogens (primary N) is 1. The van der Waals surface area contributed by atoms with E-state index in [1.165, 1.54) is 13.0 Å². The standard InChI is InChI=1S/C15H17FN2O2S/c1-9-4-10(2)6-12(5-9)18-21(19,20)13-7-11(3)15(16)14(17)8-13/h4-8,18H,17H2,1-3H3. The molecule has 0 aliphatic heterocycles. The van der Waals surface area contributed by atoms with E-state index >= 15 is 0 Å². The van der Waals surface area contributed by atoms with Crippen molar-refractivity contribution >= 4 is 21.4 Å². The molecule has 4 nitrogen and oxygen atoms in total. The van der Waals surface area contributed by atoms with Crippen LogP contribution in [-0.2, 0) is 10.0 Å². The number of hydrogen-bond acceptors (Lipinski definition) is 3. The van der Waals surface area contributed by atoms with Crippen molar-refractivity contribution in [2.45, 2.75) is 25.7 Å². The van der Waals surface area contributed by atoms with Gasteiger partial charge in [-0.15, -0.1) is 0 Å². The number of sulfonamides is 1. The third-order valence-corrected chi connectivity index (χ3v) is 4.40. The Morgan fingerprint density at radius 3 is 2.10 bits per heavy atom. The van der Waals surface area contributed by atoms with E-state index in [2.05, 4.69) is 4.72 Å². The molecule has 0 saturated heterocycles. The molecule has 0 amide bonds. The van der Waals surface area contributed by atoms with Gasteiger partial charge in [0.1, 0.15) is 5.82 Å². The molecule has 0 spiro atoms. The molecule has 6 heteroatoms. The molecule has 21 heavy (non-hydrogen) atoms. The molecule has 0 atom stereocenters. The van der Waals surface area contributed by atoms with Gasteiger partial charge in [-0.2, -0.15) is 0 Å². The van der Waals surface area contributed by atoms with Crippen molar-refractivity contribution in [3.8, 4) is 0 Å². The fourth-order valence-corrected chi connectivity index (χ4v) is 3.33. The number of hydrogen-bond donors (Lipinski definition) is 2. The van der Waals surface area contributed by atoms with Gasteiger partial charge >= 0.3 is 0 Å². The number of rotatable bonds is 3. The van der Waals surface area contributed by atoms with Crippen molar-refractivity contribution in [3.05, 3.63) is 52.8 Å². The summed E-state index contributed by atoms with van der Waals surface area (Å²) in [6.45, 7) is 5.23. The first-order valence-corrected chi connectivity index (χ1v) is 7.84. The van der Waals surface area contributed by atoms with Gasteiger partial charge in [-0.3, -0.25) is 4.72 Å². The summed E-state index contributed by atoms with van der Waals surface area (Å²) < 4.78 is 40.7. The van der Waals surface area contributed by atoms with Crippen molar-refractivity contribution < 1.29 is 12.8 Å². The number of nitrogen functional groups attached to an aromatic ring is 1. The molecule has 0 aliphatic rings. The van der Waals surface area contributed by atoms with Crippen molar-refractivity contribution in [1.29, 1.82) is 0 Å². The molecule has 0 aromatic heterocycles. The Hall–Kier alpha value is -2.08. The number of anilines is 2. The lowest BCUT2D eigenvalue weighted by molar-refractivity contribution is 0.599. The summed E-state index contributed by atoms with van der Waals surface area (Å²) in [6, 6.07) is 7.77. The van der Waals surface area contributed by atoms with E-state index < -0.39 is 15.8 Å². The average Bonchev–Trinajstić information content (AvgIpc) is 2.33. The SMILES string of the molecule is Cc1cc(C)cc(NS(=O)(=O)c2cc(C)c(F)c(N)c2)c1. The van der Waals surface area contributed by atoms with Crippen LogP contribution in [0.5, 0.6) is 0 Å². The van der Waals surface area contributed by atoms with Gasteiger partial charge in [0.25, 0.3) is 10.0 Å². The Bertz CT molecular complexity index is 758. The Morgan fingerprint density at radius 1 is 1.00 bits per heavy atom. The molecule has 0 bridgehead atoms. The molecule has 0 fully saturated rings. The molecular formula is C15H17FN2O2S. The minimum atomic E-state index is -3.81. The zero-order valence-corrected chi connectivity index (χ0v) is 12.9. The van der Waals surface area contributed by atoms with Gasteiger partial charge in [0.05, 0.1) is 10.6 Å². The third kappa shape index (κ3) is 3.33. The number of aryl methyl sites for hydroxylation is 3. The van der Waals surface area contributed by atoms with E-state index in [4.69, 9.17) is 5.73 Å². The van der Waals surface area contributed by atoms with Crippen LogP contribution < -0.4 is 10.5 Å². The van der Waals surface area contributed by atoms with Crippen LogP contribution in [0.25, 0.3) is 0 Å². The lowest BCUT2D eigenvalue weighted by Gasteiger charge is -2.11. The second-order valence-electron chi connectivity index (χ2n) is 5.13. The number of benzene rings is 2. The predicted molar refractivity (Wildman–Crippen MR) is 82.3 cm³/mol. The summed E-state index contributed by atoms with van der Waals surface area (Å²) >= 11 is 0. The van der Waals surface area contributed by atoms with Crippen LogP contribution in [0.3, 0.4) is 0 Å². The Labute approximate surface area is 123 Å². The van der Waals surface area contributed by atoms with Crippen LogP contribution in [0, 0.1) is 26.6 Å². The third-order valence-electron chi connectivity index (χ3n) is 3.04. The fourth-order valence-electron chi connectivity index (χ4n) is 2.17. The van der Waals surface area contributed by atoms with Crippen LogP contribution in [0.15, 0.2) is 35.2 Å². The van der Waals surface area contributed by atoms with E-state index in [9.17, 15) is 12.8 Å².